The Bertz CT molecular complexity index is 882. The van der Waals surface area contributed by atoms with Crippen LogP contribution < -0.4 is 10.5 Å². The molecule has 0 spiro atoms. The van der Waals surface area contributed by atoms with Gasteiger partial charge in [-0.3, -0.25) is 4.79 Å². The van der Waals surface area contributed by atoms with Gasteiger partial charge >= 0.3 is 0 Å². The predicted molar refractivity (Wildman–Crippen MR) is 95.6 cm³/mol. The summed E-state index contributed by atoms with van der Waals surface area (Å²) in [5.41, 5.74) is 9.88. The van der Waals surface area contributed by atoms with Gasteiger partial charge in [0.15, 0.2) is 0 Å². The molecule has 2 N–H and O–H groups in total. The van der Waals surface area contributed by atoms with Gasteiger partial charge in [-0.05, 0) is 19.9 Å². The molecule has 3 rings (SSSR count). The van der Waals surface area contributed by atoms with Crippen LogP contribution in [0, 0.1) is 13.8 Å². The highest BCUT2D eigenvalue weighted by Gasteiger charge is 2.24. The van der Waals surface area contributed by atoms with E-state index in [-0.39, 0.29) is 0 Å². The van der Waals surface area contributed by atoms with Gasteiger partial charge in [-0.25, -0.2) is 4.98 Å². The Hall–Kier alpha value is -2.60. The molecule has 0 saturated heterocycles. The summed E-state index contributed by atoms with van der Waals surface area (Å²) < 4.78 is 7.53. The maximum atomic E-state index is 12.0. The molecule has 2 heterocycles. The smallest absolute Gasteiger partial charge is 0.251 e. The number of thiazole rings is 1. The number of amides is 1. The second-order valence-corrected chi connectivity index (χ2v) is 6.41. The molecule has 0 saturated carbocycles. The van der Waals surface area contributed by atoms with E-state index in [4.69, 9.17) is 10.5 Å². The average molecular weight is 341 g/mol. The van der Waals surface area contributed by atoms with E-state index < -0.39 is 5.91 Å². The number of carbonyl (C=O) groups is 1. The maximum absolute atomic E-state index is 12.0. The van der Waals surface area contributed by atoms with E-state index in [9.17, 15) is 4.79 Å². The van der Waals surface area contributed by atoms with Crippen molar-refractivity contribution in [2.45, 2.75) is 20.4 Å². The van der Waals surface area contributed by atoms with Crippen molar-refractivity contribution in [3.8, 4) is 16.3 Å². The number of benzene rings is 1. The van der Waals surface area contributed by atoms with Crippen LogP contribution in [0.4, 0.5) is 0 Å². The van der Waals surface area contributed by atoms with Gasteiger partial charge in [0.25, 0.3) is 5.91 Å². The van der Waals surface area contributed by atoms with Crippen molar-refractivity contribution >= 4 is 17.2 Å². The SMILES string of the molecule is COc1ccccc1Cn1c(C)c(C(N)=O)c(-c2nccs2)c1C. The summed E-state index contributed by atoms with van der Waals surface area (Å²) in [5.74, 6) is 0.390. The van der Waals surface area contributed by atoms with E-state index in [1.54, 1.807) is 13.3 Å². The van der Waals surface area contributed by atoms with Gasteiger partial charge in [-0.2, -0.15) is 0 Å². The summed E-state index contributed by atoms with van der Waals surface area (Å²) in [7, 11) is 1.66. The van der Waals surface area contributed by atoms with Gasteiger partial charge < -0.3 is 15.0 Å². The van der Waals surface area contributed by atoms with E-state index in [1.165, 1.54) is 11.3 Å². The fourth-order valence-corrected chi connectivity index (χ4v) is 3.77. The lowest BCUT2D eigenvalue weighted by atomic mass is 10.1. The van der Waals surface area contributed by atoms with Crippen LogP contribution in [0.5, 0.6) is 5.75 Å². The summed E-state index contributed by atoms with van der Waals surface area (Å²) in [6.45, 7) is 4.51. The lowest BCUT2D eigenvalue weighted by Crippen LogP contribution is -2.13. The third-order valence-electron chi connectivity index (χ3n) is 4.20. The topological polar surface area (TPSA) is 70.1 Å². The highest BCUT2D eigenvalue weighted by Crippen LogP contribution is 2.34. The summed E-state index contributed by atoms with van der Waals surface area (Å²) in [6.07, 6.45) is 1.73. The molecule has 5 nitrogen and oxygen atoms in total. The van der Waals surface area contributed by atoms with E-state index in [1.807, 2.05) is 43.5 Å². The van der Waals surface area contributed by atoms with Crippen LogP contribution in [0.3, 0.4) is 0 Å². The number of primary amides is 1. The number of hydrogen-bond acceptors (Lipinski definition) is 4. The van der Waals surface area contributed by atoms with Gasteiger partial charge in [0.1, 0.15) is 10.8 Å². The van der Waals surface area contributed by atoms with Crippen molar-refractivity contribution < 1.29 is 9.53 Å². The van der Waals surface area contributed by atoms with Crippen molar-refractivity contribution in [3.63, 3.8) is 0 Å². The zero-order valence-electron chi connectivity index (χ0n) is 13.9. The van der Waals surface area contributed by atoms with Crippen LogP contribution in [0.15, 0.2) is 35.8 Å². The molecule has 6 heteroatoms. The average Bonchev–Trinajstić information content (AvgIpc) is 3.17. The molecule has 1 amide bonds. The number of hydrogen-bond donors (Lipinski definition) is 1. The monoisotopic (exact) mass is 341 g/mol. The first-order valence-electron chi connectivity index (χ1n) is 7.55. The Balaban J connectivity index is 2.16. The molecule has 0 fully saturated rings. The number of rotatable bonds is 5. The molecule has 0 radical (unpaired) electrons. The molecule has 0 aliphatic rings. The Morgan fingerprint density at radius 1 is 1.29 bits per heavy atom. The summed E-state index contributed by atoms with van der Waals surface area (Å²) in [5, 5.41) is 2.70. The fraction of sp³-hybridized carbons (Fsp3) is 0.222. The number of methoxy groups -OCH3 is 1. The molecule has 0 atom stereocenters. The lowest BCUT2D eigenvalue weighted by molar-refractivity contribution is 0.1000. The van der Waals surface area contributed by atoms with Gasteiger partial charge in [0.05, 0.1) is 19.2 Å². The summed E-state index contributed by atoms with van der Waals surface area (Å²) >= 11 is 1.50. The van der Waals surface area contributed by atoms with Crippen LogP contribution >= 0.6 is 11.3 Å². The molecule has 1 aromatic carbocycles. The molecule has 124 valence electrons. The minimum Gasteiger partial charge on any atom is -0.496 e. The molecule has 0 unspecified atom stereocenters. The molecular weight excluding hydrogens is 322 g/mol. The van der Waals surface area contributed by atoms with Crippen molar-refractivity contribution in [1.29, 1.82) is 0 Å². The molecule has 0 bridgehead atoms. The van der Waals surface area contributed by atoms with Crippen LogP contribution in [-0.4, -0.2) is 22.6 Å². The third kappa shape index (κ3) is 2.69. The number of carbonyl (C=O) groups excluding carboxylic acids is 1. The standard InChI is InChI=1S/C18H19N3O2S/c1-11-15(17(19)22)16(18-20-8-9-24-18)12(2)21(11)10-13-6-4-5-7-14(13)23-3/h4-9H,10H2,1-3H3,(H2,19,22). The second-order valence-electron chi connectivity index (χ2n) is 5.52. The molecule has 0 aliphatic heterocycles. The van der Waals surface area contributed by atoms with Crippen molar-refractivity contribution in [2.24, 2.45) is 5.73 Å². The fourth-order valence-electron chi connectivity index (χ4n) is 3.03. The van der Waals surface area contributed by atoms with E-state index in [2.05, 4.69) is 9.55 Å². The minimum atomic E-state index is -0.431. The van der Waals surface area contributed by atoms with Crippen molar-refractivity contribution in [2.75, 3.05) is 7.11 Å². The van der Waals surface area contributed by atoms with E-state index in [0.717, 1.165) is 33.3 Å². The van der Waals surface area contributed by atoms with Gasteiger partial charge in [0.2, 0.25) is 0 Å². The van der Waals surface area contributed by atoms with Crippen molar-refractivity contribution in [1.82, 2.24) is 9.55 Å². The van der Waals surface area contributed by atoms with Gasteiger partial charge in [-0.15, -0.1) is 11.3 Å². The lowest BCUT2D eigenvalue weighted by Gasteiger charge is -2.13. The number of nitrogens with zero attached hydrogens (tertiary/aromatic N) is 2. The Kier molecular flexibility index (Phi) is 4.40. The van der Waals surface area contributed by atoms with Crippen LogP contribution in [0.1, 0.15) is 27.3 Å². The number of nitrogens with two attached hydrogens (primary N) is 1. The number of ether oxygens (including phenoxy) is 1. The quantitative estimate of drug-likeness (QED) is 0.773. The largest absolute Gasteiger partial charge is 0.496 e. The van der Waals surface area contributed by atoms with E-state index in [0.29, 0.717) is 12.1 Å². The number of aromatic nitrogens is 2. The second kappa shape index (κ2) is 6.49. The first-order chi connectivity index (χ1) is 11.5. The highest BCUT2D eigenvalue weighted by molar-refractivity contribution is 7.13. The molecular formula is C18H19N3O2S. The Morgan fingerprint density at radius 3 is 2.67 bits per heavy atom. The normalized spacial score (nSPS) is 10.8. The zero-order valence-corrected chi connectivity index (χ0v) is 14.7. The molecule has 0 aliphatic carbocycles. The van der Waals surface area contributed by atoms with Crippen molar-refractivity contribution in [3.05, 3.63) is 58.4 Å². The van der Waals surface area contributed by atoms with Gasteiger partial charge in [0, 0.05) is 34.1 Å². The maximum Gasteiger partial charge on any atom is 0.251 e. The summed E-state index contributed by atoms with van der Waals surface area (Å²) in [6, 6.07) is 7.86. The first-order valence-corrected chi connectivity index (χ1v) is 8.43. The molecule has 2 aromatic heterocycles. The zero-order chi connectivity index (χ0) is 17.3. The van der Waals surface area contributed by atoms with E-state index >= 15 is 0 Å². The molecule has 24 heavy (non-hydrogen) atoms. The highest BCUT2D eigenvalue weighted by atomic mass is 32.1. The van der Waals surface area contributed by atoms with Crippen LogP contribution in [-0.2, 0) is 6.54 Å². The molecule has 3 aromatic rings. The van der Waals surface area contributed by atoms with Gasteiger partial charge in [-0.1, -0.05) is 18.2 Å². The number of para-hydroxylation sites is 1. The summed E-state index contributed by atoms with van der Waals surface area (Å²) in [4.78, 5) is 16.4. The minimum absolute atomic E-state index is 0.431. The Labute approximate surface area is 144 Å². The Morgan fingerprint density at radius 2 is 2.04 bits per heavy atom. The predicted octanol–water partition coefficient (Wildman–Crippen LogP) is 3.38. The van der Waals surface area contributed by atoms with Crippen LogP contribution in [0.2, 0.25) is 0 Å². The van der Waals surface area contributed by atoms with Crippen LogP contribution in [0.25, 0.3) is 10.6 Å². The first kappa shape index (κ1) is 16.3. The third-order valence-corrected chi connectivity index (χ3v) is 4.99.